The number of hydrogen-bond donors (Lipinski definition) is 1. The van der Waals surface area contributed by atoms with Crippen molar-refractivity contribution in [2.24, 2.45) is 0 Å². The van der Waals surface area contributed by atoms with Crippen molar-refractivity contribution < 1.29 is 9.47 Å². The Labute approximate surface area is 170 Å². The van der Waals surface area contributed by atoms with Crippen molar-refractivity contribution in [3.8, 4) is 22.6 Å². The molecule has 0 aliphatic carbocycles. The van der Waals surface area contributed by atoms with E-state index in [4.69, 9.17) is 32.7 Å². The van der Waals surface area contributed by atoms with Crippen LogP contribution < -0.4 is 14.8 Å². The van der Waals surface area contributed by atoms with E-state index in [0.717, 1.165) is 35.6 Å². The van der Waals surface area contributed by atoms with Gasteiger partial charge >= 0.3 is 0 Å². The molecule has 0 saturated carbocycles. The summed E-state index contributed by atoms with van der Waals surface area (Å²) < 4.78 is 10.7. The number of benzene rings is 2. The maximum absolute atomic E-state index is 6.52. The standard InChI is InChI=1S/C19H20Cl2N3O2P/c1-25-14-9-15(26-2)18(21)16(17(14)20)11-4-5-13-12(8-11)10-23-19(24-13)22-6-3-7-27/h4-5,8-10H,3,6-7,27H2,1-2H3,(H,22,23,24). The van der Waals surface area contributed by atoms with Crippen LogP contribution in [0.2, 0.25) is 10.0 Å². The van der Waals surface area contributed by atoms with Crippen LogP contribution in [0, 0.1) is 0 Å². The molecule has 1 aromatic heterocycles. The topological polar surface area (TPSA) is 56.3 Å². The number of ether oxygens (including phenoxy) is 2. The number of halogens is 2. The van der Waals surface area contributed by atoms with Crippen LogP contribution in [0.5, 0.6) is 11.5 Å². The summed E-state index contributed by atoms with van der Waals surface area (Å²) in [6, 6.07) is 7.47. The lowest BCUT2D eigenvalue weighted by molar-refractivity contribution is 0.395. The second kappa shape index (κ2) is 8.92. The van der Waals surface area contributed by atoms with Gasteiger partial charge in [-0.2, -0.15) is 0 Å². The van der Waals surface area contributed by atoms with Gasteiger partial charge in [0.05, 0.1) is 29.8 Å². The quantitative estimate of drug-likeness (QED) is 0.412. The van der Waals surface area contributed by atoms with E-state index < -0.39 is 0 Å². The molecule has 0 bridgehead atoms. The van der Waals surface area contributed by atoms with Crippen LogP contribution in [0.4, 0.5) is 5.95 Å². The Kier molecular flexibility index (Phi) is 6.59. The number of anilines is 1. The van der Waals surface area contributed by atoms with Crippen molar-refractivity contribution in [2.45, 2.75) is 6.42 Å². The van der Waals surface area contributed by atoms with Crippen LogP contribution in [-0.2, 0) is 0 Å². The molecule has 1 unspecified atom stereocenters. The first-order valence-corrected chi connectivity index (χ1v) is 9.97. The van der Waals surface area contributed by atoms with Crippen LogP contribution >= 0.6 is 32.4 Å². The van der Waals surface area contributed by atoms with Gasteiger partial charge in [0.15, 0.2) is 0 Å². The second-order valence-electron chi connectivity index (χ2n) is 5.82. The molecule has 142 valence electrons. The molecule has 8 heteroatoms. The van der Waals surface area contributed by atoms with Crippen LogP contribution in [0.1, 0.15) is 6.42 Å². The summed E-state index contributed by atoms with van der Waals surface area (Å²) in [4.78, 5) is 8.93. The molecule has 1 atom stereocenters. The summed E-state index contributed by atoms with van der Waals surface area (Å²) in [7, 11) is 5.81. The first kappa shape index (κ1) is 19.9. The van der Waals surface area contributed by atoms with Crippen LogP contribution in [0.25, 0.3) is 22.0 Å². The van der Waals surface area contributed by atoms with E-state index >= 15 is 0 Å². The zero-order chi connectivity index (χ0) is 19.4. The molecule has 0 aliphatic rings. The van der Waals surface area contributed by atoms with Gasteiger partial charge in [-0.1, -0.05) is 29.3 Å². The molecule has 1 N–H and O–H groups in total. The van der Waals surface area contributed by atoms with Crippen molar-refractivity contribution in [2.75, 3.05) is 32.2 Å². The first-order chi connectivity index (χ1) is 13.1. The smallest absolute Gasteiger partial charge is 0.223 e. The van der Waals surface area contributed by atoms with Gasteiger partial charge in [-0.15, -0.1) is 9.24 Å². The van der Waals surface area contributed by atoms with E-state index in [1.54, 1.807) is 26.5 Å². The van der Waals surface area contributed by atoms with Gasteiger partial charge < -0.3 is 14.8 Å². The Balaban J connectivity index is 2.04. The number of nitrogens with one attached hydrogen (secondary N) is 1. The van der Waals surface area contributed by atoms with E-state index in [-0.39, 0.29) is 0 Å². The Morgan fingerprint density at radius 2 is 1.78 bits per heavy atom. The Morgan fingerprint density at radius 3 is 2.41 bits per heavy atom. The third-order valence-corrected chi connectivity index (χ3v) is 5.26. The maximum atomic E-state index is 6.52. The van der Waals surface area contributed by atoms with Crippen LogP contribution in [0.3, 0.4) is 0 Å². The van der Waals surface area contributed by atoms with E-state index in [2.05, 4.69) is 24.5 Å². The fourth-order valence-corrected chi connectivity index (χ4v) is 3.64. The third kappa shape index (κ3) is 4.21. The van der Waals surface area contributed by atoms with Crippen molar-refractivity contribution in [3.63, 3.8) is 0 Å². The molecule has 5 nitrogen and oxygen atoms in total. The van der Waals surface area contributed by atoms with Gasteiger partial charge in [-0.05, 0) is 30.3 Å². The summed E-state index contributed by atoms with van der Waals surface area (Å²) in [5, 5.41) is 4.97. The molecule has 0 radical (unpaired) electrons. The second-order valence-corrected chi connectivity index (χ2v) is 7.15. The van der Waals surface area contributed by atoms with E-state index in [0.29, 0.717) is 33.1 Å². The Hall–Kier alpha value is -1.81. The number of hydrogen-bond acceptors (Lipinski definition) is 5. The van der Waals surface area contributed by atoms with E-state index in [1.165, 1.54) is 0 Å². The number of nitrogens with zero attached hydrogens (tertiary/aromatic N) is 2. The Bertz CT molecular complexity index is 941. The molecule has 27 heavy (non-hydrogen) atoms. The molecular weight excluding hydrogens is 404 g/mol. The first-order valence-electron chi connectivity index (χ1n) is 8.40. The molecule has 0 saturated heterocycles. The van der Waals surface area contributed by atoms with Crippen LogP contribution in [0.15, 0.2) is 30.5 Å². The minimum absolute atomic E-state index is 0.430. The van der Waals surface area contributed by atoms with Gasteiger partial charge in [-0.3, -0.25) is 0 Å². The fourth-order valence-electron chi connectivity index (χ4n) is 2.72. The third-order valence-electron chi connectivity index (χ3n) is 4.11. The highest BCUT2D eigenvalue weighted by Gasteiger charge is 2.19. The van der Waals surface area contributed by atoms with Gasteiger partial charge in [0.1, 0.15) is 11.5 Å². The Morgan fingerprint density at radius 1 is 1.07 bits per heavy atom. The highest BCUT2D eigenvalue weighted by molar-refractivity contribution is 7.16. The summed E-state index contributed by atoms with van der Waals surface area (Å²) in [5.41, 5.74) is 2.32. The van der Waals surface area contributed by atoms with E-state index in [1.807, 2.05) is 18.2 Å². The molecule has 3 rings (SSSR count). The lowest BCUT2D eigenvalue weighted by Gasteiger charge is -2.15. The molecule has 2 aromatic carbocycles. The minimum atomic E-state index is 0.430. The average molecular weight is 424 g/mol. The SMILES string of the molecule is COc1cc(OC)c(Cl)c(-c2ccc3nc(NCCCP)ncc3c2)c1Cl. The predicted molar refractivity (Wildman–Crippen MR) is 116 cm³/mol. The molecule has 0 aliphatic heterocycles. The molecule has 1 heterocycles. The minimum Gasteiger partial charge on any atom is -0.495 e. The zero-order valence-corrected chi connectivity index (χ0v) is 17.7. The van der Waals surface area contributed by atoms with E-state index in [9.17, 15) is 0 Å². The van der Waals surface area contributed by atoms with Crippen molar-refractivity contribution in [1.82, 2.24) is 9.97 Å². The van der Waals surface area contributed by atoms with Gasteiger partial charge in [0.2, 0.25) is 5.95 Å². The normalized spacial score (nSPS) is 10.9. The lowest BCUT2D eigenvalue weighted by Crippen LogP contribution is -2.05. The number of fused-ring (bicyclic) bond motifs is 1. The number of rotatable bonds is 7. The predicted octanol–water partition coefficient (Wildman–Crippen LogP) is 5.30. The molecular formula is C19H20Cl2N3O2P. The van der Waals surface area contributed by atoms with Gasteiger partial charge in [0.25, 0.3) is 0 Å². The van der Waals surface area contributed by atoms with Gasteiger partial charge in [0, 0.05) is 29.8 Å². The summed E-state index contributed by atoms with van der Waals surface area (Å²) in [5.74, 6) is 1.61. The average Bonchev–Trinajstić information content (AvgIpc) is 2.68. The van der Waals surface area contributed by atoms with Crippen molar-refractivity contribution in [1.29, 1.82) is 0 Å². The fraction of sp³-hybridized carbons (Fsp3) is 0.263. The number of aromatic nitrogens is 2. The summed E-state index contributed by atoms with van der Waals surface area (Å²) in [6.07, 6.45) is 3.86. The monoisotopic (exact) mass is 423 g/mol. The number of methoxy groups -OCH3 is 2. The largest absolute Gasteiger partial charge is 0.495 e. The molecule has 0 fully saturated rings. The van der Waals surface area contributed by atoms with Crippen LogP contribution in [-0.4, -0.2) is 36.9 Å². The lowest BCUT2D eigenvalue weighted by atomic mass is 10.0. The molecule has 0 spiro atoms. The highest BCUT2D eigenvalue weighted by Crippen LogP contribution is 2.46. The van der Waals surface area contributed by atoms with Gasteiger partial charge in [-0.25, -0.2) is 9.97 Å². The van der Waals surface area contributed by atoms with Crippen molar-refractivity contribution >= 4 is 49.3 Å². The maximum Gasteiger partial charge on any atom is 0.223 e. The zero-order valence-electron chi connectivity index (χ0n) is 15.1. The molecule has 3 aromatic rings. The summed E-state index contributed by atoms with van der Waals surface area (Å²) >= 11 is 13.0. The highest BCUT2D eigenvalue weighted by atomic mass is 35.5. The molecule has 0 amide bonds. The summed E-state index contributed by atoms with van der Waals surface area (Å²) in [6.45, 7) is 0.835. The van der Waals surface area contributed by atoms with Crippen molar-refractivity contribution in [3.05, 3.63) is 40.5 Å².